The maximum absolute atomic E-state index is 12.8. The van der Waals surface area contributed by atoms with Gasteiger partial charge in [0.2, 0.25) is 11.8 Å². The molecule has 0 aliphatic rings. The van der Waals surface area contributed by atoms with E-state index < -0.39 is 10.0 Å². The molecule has 0 fully saturated rings. The monoisotopic (exact) mass is 407 g/mol. The number of amides is 2. The van der Waals surface area contributed by atoms with E-state index in [-0.39, 0.29) is 33.9 Å². The van der Waals surface area contributed by atoms with Crippen molar-refractivity contribution in [3.63, 3.8) is 0 Å². The minimum atomic E-state index is -4.00. The summed E-state index contributed by atoms with van der Waals surface area (Å²) in [5.41, 5.74) is 0.905. The second kappa shape index (κ2) is 8.61. The van der Waals surface area contributed by atoms with Gasteiger partial charge < -0.3 is 20.1 Å². The van der Waals surface area contributed by atoms with Crippen LogP contribution < -0.4 is 24.8 Å². The SMILES string of the molecule is COc1cc(S(=O)(=O)Nc2cc(NC(C)=O)ccc2OC)ccc1NC(C)=O. The van der Waals surface area contributed by atoms with Gasteiger partial charge in [-0.1, -0.05) is 0 Å². The third kappa shape index (κ3) is 5.13. The fourth-order valence-electron chi connectivity index (χ4n) is 2.40. The lowest BCUT2D eigenvalue weighted by Gasteiger charge is -2.15. The average Bonchev–Trinajstić information content (AvgIpc) is 2.61. The molecule has 0 heterocycles. The Bertz CT molecular complexity index is 1000. The lowest BCUT2D eigenvalue weighted by molar-refractivity contribution is -0.115. The van der Waals surface area contributed by atoms with Crippen LogP contribution in [0.3, 0.4) is 0 Å². The van der Waals surface area contributed by atoms with E-state index in [1.807, 2.05) is 0 Å². The van der Waals surface area contributed by atoms with Gasteiger partial charge in [-0.15, -0.1) is 0 Å². The van der Waals surface area contributed by atoms with Crippen LogP contribution in [0.4, 0.5) is 17.1 Å². The highest BCUT2D eigenvalue weighted by Crippen LogP contribution is 2.32. The summed E-state index contributed by atoms with van der Waals surface area (Å²) in [6, 6.07) is 8.62. The van der Waals surface area contributed by atoms with Gasteiger partial charge >= 0.3 is 0 Å². The summed E-state index contributed by atoms with van der Waals surface area (Å²) >= 11 is 0. The molecule has 0 saturated carbocycles. The molecule has 28 heavy (non-hydrogen) atoms. The number of ether oxygens (including phenoxy) is 2. The lowest BCUT2D eigenvalue weighted by Crippen LogP contribution is -2.15. The molecule has 2 rings (SSSR count). The highest BCUT2D eigenvalue weighted by Gasteiger charge is 2.19. The van der Waals surface area contributed by atoms with Crippen molar-refractivity contribution in [2.24, 2.45) is 0 Å². The number of rotatable bonds is 7. The smallest absolute Gasteiger partial charge is 0.262 e. The van der Waals surface area contributed by atoms with E-state index in [4.69, 9.17) is 9.47 Å². The summed E-state index contributed by atoms with van der Waals surface area (Å²) in [6.07, 6.45) is 0. The number of hydrogen-bond donors (Lipinski definition) is 3. The van der Waals surface area contributed by atoms with Crippen molar-refractivity contribution in [2.75, 3.05) is 29.6 Å². The molecular formula is C18H21N3O6S. The lowest BCUT2D eigenvalue weighted by atomic mass is 10.2. The van der Waals surface area contributed by atoms with Gasteiger partial charge in [-0.25, -0.2) is 8.42 Å². The van der Waals surface area contributed by atoms with Crippen LogP contribution in [0.15, 0.2) is 41.3 Å². The third-order valence-electron chi connectivity index (χ3n) is 3.56. The average molecular weight is 407 g/mol. The third-order valence-corrected chi connectivity index (χ3v) is 4.92. The number of carbonyl (C=O) groups excluding carboxylic acids is 2. The Labute approximate surface area is 163 Å². The van der Waals surface area contributed by atoms with Crippen molar-refractivity contribution in [2.45, 2.75) is 18.7 Å². The zero-order valence-corrected chi connectivity index (χ0v) is 16.6. The molecule has 0 aliphatic heterocycles. The van der Waals surface area contributed by atoms with Gasteiger partial charge in [0.15, 0.2) is 0 Å². The van der Waals surface area contributed by atoms with Crippen LogP contribution in [0.2, 0.25) is 0 Å². The predicted molar refractivity (Wildman–Crippen MR) is 105 cm³/mol. The number of methoxy groups -OCH3 is 2. The molecule has 2 aromatic rings. The van der Waals surface area contributed by atoms with E-state index in [9.17, 15) is 18.0 Å². The molecule has 150 valence electrons. The second-order valence-corrected chi connectivity index (χ2v) is 7.43. The Kier molecular flexibility index (Phi) is 6.47. The van der Waals surface area contributed by atoms with Crippen LogP contribution in [0.5, 0.6) is 11.5 Å². The molecule has 2 aromatic carbocycles. The minimum Gasteiger partial charge on any atom is -0.495 e. The first kappa shape index (κ1) is 21.0. The summed E-state index contributed by atoms with van der Waals surface area (Å²) < 4.78 is 38.4. The molecule has 0 saturated heterocycles. The van der Waals surface area contributed by atoms with E-state index in [1.165, 1.54) is 58.4 Å². The Morgan fingerprint density at radius 2 is 1.46 bits per heavy atom. The van der Waals surface area contributed by atoms with Crippen molar-refractivity contribution in [3.8, 4) is 11.5 Å². The molecule has 0 spiro atoms. The second-order valence-electron chi connectivity index (χ2n) is 5.75. The number of anilines is 3. The van der Waals surface area contributed by atoms with Crippen LogP contribution in [-0.4, -0.2) is 34.5 Å². The fourth-order valence-corrected chi connectivity index (χ4v) is 3.48. The first-order valence-corrected chi connectivity index (χ1v) is 9.58. The highest BCUT2D eigenvalue weighted by molar-refractivity contribution is 7.92. The van der Waals surface area contributed by atoms with E-state index in [0.29, 0.717) is 11.4 Å². The molecule has 3 N–H and O–H groups in total. The number of sulfonamides is 1. The summed E-state index contributed by atoms with van der Waals surface area (Å²) in [6.45, 7) is 2.68. The van der Waals surface area contributed by atoms with Crippen molar-refractivity contribution in [1.29, 1.82) is 0 Å². The summed E-state index contributed by atoms with van der Waals surface area (Å²) in [5, 5.41) is 5.13. The quantitative estimate of drug-likeness (QED) is 0.648. The Morgan fingerprint density at radius 1 is 0.821 bits per heavy atom. The molecule has 0 atom stereocenters. The van der Waals surface area contributed by atoms with E-state index >= 15 is 0 Å². The zero-order valence-electron chi connectivity index (χ0n) is 15.8. The Hall–Kier alpha value is -3.27. The highest BCUT2D eigenvalue weighted by atomic mass is 32.2. The topological polar surface area (TPSA) is 123 Å². The molecule has 0 aromatic heterocycles. The van der Waals surface area contributed by atoms with Crippen LogP contribution in [0, 0.1) is 0 Å². The Morgan fingerprint density at radius 3 is 2.04 bits per heavy atom. The number of hydrogen-bond acceptors (Lipinski definition) is 6. The van der Waals surface area contributed by atoms with Gasteiger partial charge in [0.05, 0.1) is 30.5 Å². The van der Waals surface area contributed by atoms with Crippen molar-refractivity contribution in [3.05, 3.63) is 36.4 Å². The van der Waals surface area contributed by atoms with Crippen molar-refractivity contribution in [1.82, 2.24) is 0 Å². The molecule has 0 bridgehead atoms. The number of carbonyl (C=O) groups is 2. The molecule has 0 aliphatic carbocycles. The number of benzene rings is 2. The van der Waals surface area contributed by atoms with Gasteiger partial charge in [-0.2, -0.15) is 0 Å². The van der Waals surface area contributed by atoms with E-state index in [2.05, 4.69) is 15.4 Å². The van der Waals surface area contributed by atoms with Gasteiger partial charge in [0.25, 0.3) is 10.0 Å². The van der Waals surface area contributed by atoms with Crippen molar-refractivity contribution < 1.29 is 27.5 Å². The van der Waals surface area contributed by atoms with Crippen LogP contribution in [0.25, 0.3) is 0 Å². The number of nitrogens with one attached hydrogen (secondary N) is 3. The molecule has 10 heteroatoms. The summed E-state index contributed by atoms with van der Waals surface area (Å²) in [5.74, 6) is -0.139. The molecule has 0 unspecified atom stereocenters. The molecule has 0 radical (unpaired) electrons. The first-order chi connectivity index (χ1) is 13.2. The van der Waals surface area contributed by atoms with E-state index in [0.717, 1.165) is 0 Å². The van der Waals surface area contributed by atoms with Gasteiger partial charge in [0, 0.05) is 25.6 Å². The molecule has 9 nitrogen and oxygen atoms in total. The summed E-state index contributed by atoms with van der Waals surface area (Å²) in [4.78, 5) is 22.4. The van der Waals surface area contributed by atoms with E-state index in [1.54, 1.807) is 6.07 Å². The van der Waals surface area contributed by atoms with Crippen LogP contribution >= 0.6 is 0 Å². The molecule has 2 amide bonds. The Balaban J connectivity index is 2.40. The first-order valence-electron chi connectivity index (χ1n) is 8.10. The largest absolute Gasteiger partial charge is 0.495 e. The van der Waals surface area contributed by atoms with Crippen LogP contribution in [-0.2, 0) is 19.6 Å². The normalized spacial score (nSPS) is 10.7. The maximum atomic E-state index is 12.8. The summed E-state index contributed by atoms with van der Waals surface area (Å²) in [7, 11) is -1.24. The van der Waals surface area contributed by atoms with Gasteiger partial charge in [-0.3, -0.25) is 14.3 Å². The standard InChI is InChI=1S/C18H21N3O6S/c1-11(22)19-13-5-8-17(26-3)16(9-13)21-28(24,25)14-6-7-15(20-12(2)23)18(10-14)27-4/h5-10,21H,1-4H3,(H,19,22)(H,20,23). The minimum absolute atomic E-state index is 0.0783. The van der Waals surface area contributed by atoms with Gasteiger partial charge in [-0.05, 0) is 30.3 Å². The zero-order chi connectivity index (χ0) is 20.9. The van der Waals surface area contributed by atoms with Crippen LogP contribution in [0.1, 0.15) is 13.8 Å². The molecular weight excluding hydrogens is 386 g/mol. The maximum Gasteiger partial charge on any atom is 0.262 e. The predicted octanol–water partition coefficient (Wildman–Crippen LogP) is 2.42. The van der Waals surface area contributed by atoms with Gasteiger partial charge in [0.1, 0.15) is 11.5 Å². The van der Waals surface area contributed by atoms with Crippen molar-refractivity contribution >= 4 is 38.9 Å². The fraction of sp³-hybridized carbons (Fsp3) is 0.222.